The van der Waals surface area contributed by atoms with Crippen molar-refractivity contribution in [1.82, 2.24) is 0 Å². The molecule has 0 aromatic heterocycles. The minimum Gasteiger partial charge on any atom is -1.00 e. The van der Waals surface area contributed by atoms with E-state index in [2.05, 4.69) is 13.8 Å². The average molecular weight is 145 g/mol. The second kappa shape index (κ2) is 4.02. The zero-order valence-electron chi connectivity index (χ0n) is 7.81. The van der Waals surface area contributed by atoms with Crippen molar-refractivity contribution < 1.29 is 31.0 Å². The van der Waals surface area contributed by atoms with Gasteiger partial charge in [-0.2, -0.15) is 0 Å². The largest absolute Gasteiger partial charge is 1.00 e. The summed E-state index contributed by atoms with van der Waals surface area (Å²) in [6.07, 6.45) is 0. The Bertz CT molecular complexity index is 225. The number of nitrogens with two attached hydrogens (primary N) is 1. The van der Waals surface area contributed by atoms with Crippen molar-refractivity contribution >= 4 is 5.69 Å². The van der Waals surface area contributed by atoms with E-state index in [0.717, 1.165) is 5.69 Å². The number of rotatable bonds is 0. The number of anilines is 1. The summed E-state index contributed by atoms with van der Waals surface area (Å²) in [7, 11) is 0. The number of nitrogen functional groups attached to an aromatic ring is 1. The second-order valence-electron chi connectivity index (χ2n) is 2.34. The van der Waals surface area contributed by atoms with Gasteiger partial charge in [0.2, 0.25) is 0 Å². The molecular weight excluding hydrogens is 133 g/mol. The van der Waals surface area contributed by atoms with E-state index in [0.29, 0.717) is 0 Å². The minimum absolute atomic E-state index is 0. The fourth-order valence-corrected chi connectivity index (χ4v) is 0.765. The third-order valence-corrected chi connectivity index (χ3v) is 1.53. The molecule has 2 heteroatoms. The number of hydrogen-bond acceptors (Lipinski definition) is 1. The van der Waals surface area contributed by atoms with E-state index >= 15 is 0 Å². The van der Waals surface area contributed by atoms with Crippen LogP contribution >= 0.6 is 0 Å². The van der Waals surface area contributed by atoms with Crippen LogP contribution in [-0.2, 0) is 0 Å². The average Bonchev–Trinajstić information content (AvgIpc) is 1.80. The molecule has 0 saturated heterocycles. The topological polar surface area (TPSA) is 26.0 Å². The molecule has 0 radical (unpaired) electrons. The van der Waals surface area contributed by atoms with Gasteiger partial charge in [-0.05, 0) is 37.1 Å². The van der Waals surface area contributed by atoms with Crippen LogP contribution < -0.4 is 35.3 Å². The fourth-order valence-electron chi connectivity index (χ4n) is 0.765. The summed E-state index contributed by atoms with van der Waals surface area (Å²) in [5.74, 6) is 0. The first kappa shape index (κ1) is 10.0. The molecule has 0 fully saturated rings. The first-order valence-electron chi connectivity index (χ1n) is 3.03. The second-order valence-corrected chi connectivity index (χ2v) is 2.34. The molecule has 0 saturated carbocycles. The Labute approximate surface area is 85.4 Å². The Morgan fingerprint density at radius 2 is 1.80 bits per heavy atom. The molecule has 0 heterocycles. The van der Waals surface area contributed by atoms with Crippen molar-refractivity contribution in [2.75, 3.05) is 5.73 Å². The molecule has 0 unspecified atom stereocenters. The van der Waals surface area contributed by atoms with Gasteiger partial charge in [0, 0.05) is 5.69 Å². The normalized spacial score (nSPS) is 8.60. The Kier molecular flexibility index (Phi) is 4.02. The first-order valence-corrected chi connectivity index (χ1v) is 3.03. The molecule has 10 heavy (non-hydrogen) atoms. The predicted molar refractivity (Wildman–Crippen MR) is 41.4 cm³/mol. The van der Waals surface area contributed by atoms with Crippen LogP contribution in [0.3, 0.4) is 0 Å². The van der Waals surface area contributed by atoms with Crippen molar-refractivity contribution in [1.29, 1.82) is 0 Å². The van der Waals surface area contributed by atoms with E-state index in [1.165, 1.54) is 11.1 Å². The Balaban J connectivity index is 0. The number of aryl methyl sites for hydroxylation is 2. The molecule has 0 spiro atoms. The molecule has 1 rings (SSSR count). The van der Waals surface area contributed by atoms with E-state index in [4.69, 9.17) is 5.73 Å². The van der Waals surface area contributed by atoms with Crippen LogP contribution in [0.4, 0.5) is 5.69 Å². The predicted octanol–water partition coefficient (Wildman–Crippen LogP) is -0.998. The van der Waals surface area contributed by atoms with Crippen LogP contribution in [0.15, 0.2) is 18.2 Å². The van der Waals surface area contributed by atoms with Crippen LogP contribution in [0.1, 0.15) is 12.6 Å². The zero-order valence-corrected chi connectivity index (χ0v) is 8.81. The molecule has 0 bridgehead atoms. The van der Waals surface area contributed by atoms with Gasteiger partial charge in [0.25, 0.3) is 0 Å². The molecule has 0 aliphatic rings. The van der Waals surface area contributed by atoms with Gasteiger partial charge < -0.3 is 7.16 Å². The van der Waals surface area contributed by atoms with E-state index in [9.17, 15) is 0 Å². The van der Waals surface area contributed by atoms with Gasteiger partial charge in [-0.25, -0.2) is 0 Å². The van der Waals surface area contributed by atoms with Crippen molar-refractivity contribution in [3.05, 3.63) is 29.3 Å². The van der Waals surface area contributed by atoms with Crippen LogP contribution in [-0.4, -0.2) is 0 Å². The van der Waals surface area contributed by atoms with E-state index in [-0.39, 0.29) is 31.0 Å². The van der Waals surface area contributed by atoms with E-state index in [1.54, 1.807) is 0 Å². The fraction of sp³-hybridized carbons (Fsp3) is 0.250. The van der Waals surface area contributed by atoms with Gasteiger partial charge in [-0.1, -0.05) is 6.07 Å². The van der Waals surface area contributed by atoms with Crippen molar-refractivity contribution in [2.45, 2.75) is 13.8 Å². The van der Waals surface area contributed by atoms with Crippen molar-refractivity contribution in [2.24, 2.45) is 0 Å². The SMILES string of the molecule is Cc1ccc(N)cc1C.[H-].[Na+]. The van der Waals surface area contributed by atoms with Crippen LogP contribution in [0.2, 0.25) is 0 Å². The molecule has 0 aliphatic carbocycles. The summed E-state index contributed by atoms with van der Waals surface area (Å²) in [6, 6.07) is 5.93. The maximum absolute atomic E-state index is 5.53. The molecule has 50 valence electrons. The van der Waals surface area contributed by atoms with Crippen molar-refractivity contribution in [3.63, 3.8) is 0 Å². The maximum atomic E-state index is 5.53. The standard InChI is InChI=1S/C8H11N.Na.H/c1-6-3-4-8(9)5-7(6)2;;/h3-5H,9H2,1-2H3;;/q;+1;-1. The van der Waals surface area contributed by atoms with Gasteiger partial charge in [0.15, 0.2) is 0 Å². The monoisotopic (exact) mass is 145 g/mol. The Morgan fingerprint density at radius 3 is 2.20 bits per heavy atom. The summed E-state index contributed by atoms with van der Waals surface area (Å²) in [5.41, 5.74) is 8.93. The third kappa shape index (κ3) is 2.33. The van der Waals surface area contributed by atoms with Gasteiger partial charge in [-0.15, -0.1) is 0 Å². The van der Waals surface area contributed by atoms with E-state index in [1.807, 2.05) is 18.2 Å². The van der Waals surface area contributed by atoms with Crippen LogP contribution in [0.25, 0.3) is 0 Å². The molecule has 1 aromatic carbocycles. The minimum atomic E-state index is 0. The Hall–Kier alpha value is 0.0200. The third-order valence-electron chi connectivity index (χ3n) is 1.53. The number of hydrogen-bond donors (Lipinski definition) is 1. The molecule has 0 aliphatic heterocycles. The summed E-state index contributed by atoms with van der Waals surface area (Å²) >= 11 is 0. The van der Waals surface area contributed by atoms with Gasteiger partial charge in [0.05, 0.1) is 0 Å². The van der Waals surface area contributed by atoms with Crippen LogP contribution in [0, 0.1) is 13.8 Å². The zero-order chi connectivity index (χ0) is 6.85. The molecule has 1 aromatic rings. The molecular formula is C8H12NNa. The molecule has 2 N–H and O–H groups in total. The summed E-state index contributed by atoms with van der Waals surface area (Å²) in [4.78, 5) is 0. The smallest absolute Gasteiger partial charge is 1.00 e. The summed E-state index contributed by atoms with van der Waals surface area (Å²) < 4.78 is 0. The Morgan fingerprint density at radius 1 is 1.20 bits per heavy atom. The first-order chi connectivity index (χ1) is 4.20. The van der Waals surface area contributed by atoms with Crippen molar-refractivity contribution in [3.8, 4) is 0 Å². The van der Waals surface area contributed by atoms with Gasteiger partial charge in [-0.3, -0.25) is 0 Å². The quantitative estimate of drug-likeness (QED) is 0.368. The molecule has 1 nitrogen and oxygen atoms in total. The van der Waals surface area contributed by atoms with Crippen LogP contribution in [0.5, 0.6) is 0 Å². The summed E-state index contributed by atoms with van der Waals surface area (Å²) in [6.45, 7) is 4.14. The van der Waals surface area contributed by atoms with E-state index < -0.39 is 0 Å². The maximum Gasteiger partial charge on any atom is 1.00 e. The van der Waals surface area contributed by atoms with Gasteiger partial charge >= 0.3 is 29.6 Å². The summed E-state index contributed by atoms with van der Waals surface area (Å²) in [5, 5.41) is 0. The number of benzene rings is 1. The van der Waals surface area contributed by atoms with Gasteiger partial charge in [0.1, 0.15) is 0 Å². The molecule has 0 atom stereocenters. The molecule has 0 amide bonds.